The van der Waals surface area contributed by atoms with Gasteiger partial charge in [-0.2, -0.15) is 0 Å². The topological polar surface area (TPSA) is 0 Å². The van der Waals surface area contributed by atoms with Gasteiger partial charge >= 0.3 is 0 Å². The highest BCUT2D eigenvalue weighted by Gasteiger charge is 2.22. The Kier molecular flexibility index (Phi) is 14.1. The van der Waals surface area contributed by atoms with Crippen LogP contribution in [-0.4, -0.2) is 14.1 Å². The van der Waals surface area contributed by atoms with E-state index in [9.17, 15) is 0 Å². The maximum absolute atomic E-state index is 4.48. The van der Waals surface area contributed by atoms with Gasteiger partial charge in [0.1, 0.15) is 0 Å². The summed E-state index contributed by atoms with van der Waals surface area (Å²) in [6, 6.07) is 0. The van der Waals surface area contributed by atoms with Crippen LogP contribution in [-0.2, 0) is 0 Å². The SMILES string of the molecule is C=[C](CCCCCCCCCC)[Al]([CH2]C(C)C)[CH2]C(C)C. The first-order valence-corrected chi connectivity index (χ1v) is 11.9. The molecule has 0 aromatic rings. The predicted octanol–water partition coefficient (Wildman–Crippen LogP) is 7.42. The summed E-state index contributed by atoms with van der Waals surface area (Å²) in [6.45, 7) is 16.3. The van der Waals surface area contributed by atoms with Crippen LogP contribution in [0, 0.1) is 11.8 Å². The van der Waals surface area contributed by atoms with Crippen LogP contribution in [0.1, 0.15) is 92.4 Å². The van der Waals surface area contributed by atoms with E-state index >= 15 is 0 Å². The Balaban J connectivity index is 3.77. The van der Waals surface area contributed by atoms with Crippen LogP contribution in [0.4, 0.5) is 0 Å². The zero-order chi connectivity index (χ0) is 16.1. The molecule has 0 bridgehead atoms. The third kappa shape index (κ3) is 13.6. The minimum atomic E-state index is -0.712. The molecule has 0 unspecified atom stereocenters. The summed E-state index contributed by atoms with van der Waals surface area (Å²) in [6.07, 6.45) is 12.7. The molecule has 0 fully saturated rings. The van der Waals surface area contributed by atoms with Crippen LogP contribution in [0.25, 0.3) is 0 Å². The Morgan fingerprint density at radius 2 is 1.19 bits per heavy atom. The first-order chi connectivity index (χ1) is 9.97. The van der Waals surface area contributed by atoms with E-state index in [0.717, 1.165) is 11.8 Å². The van der Waals surface area contributed by atoms with Gasteiger partial charge in [-0.25, -0.2) is 0 Å². The zero-order valence-corrected chi connectivity index (χ0v) is 16.9. The number of allylic oxidation sites excluding steroid dienone is 1. The van der Waals surface area contributed by atoms with Gasteiger partial charge in [-0.05, 0) is 6.42 Å². The third-order valence-electron chi connectivity index (χ3n) is 4.44. The molecular formula is C20H41Al. The number of hydrogen-bond donors (Lipinski definition) is 0. The second-order valence-electron chi connectivity index (χ2n) is 7.84. The zero-order valence-electron chi connectivity index (χ0n) is 15.7. The summed E-state index contributed by atoms with van der Waals surface area (Å²) in [5.41, 5.74) is 0. The molecule has 0 nitrogen and oxygen atoms in total. The minimum Gasteiger partial charge on any atom is -0.137 e. The molecule has 0 N–H and O–H groups in total. The lowest BCUT2D eigenvalue weighted by atomic mass is 10.1. The fraction of sp³-hybridized carbons (Fsp3) is 0.900. The van der Waals surface area contributed by atoms with E-state index in [1.165, 1.54) is 68.4 Å². The molecule has 0 heterocycles. The second-order valence-corrected chi connectivity index (χ2v) is 11.0. The Bertz CT molecular complexity index is 232. The third-order valence-corrected chi connectivity index (χ3v) is 8.91. The molecule has 0 saturated carbocycles. The molecule has 0 spiro atoms. The fourth-order valence-electron chi connectivity index (χ4n) is 3.26. The highest BCUT2D eigenvalue weighted by Crippen LogP contribution is 2.23. The van der Waals surface area contributed by atoms with Crippen molar-refractivity contribution < 1.29 is 0 Å². The van der Waals surface area contributed by atoms with E-state index < -0.39 is 14.1 Å². The van der Waals surface area contributed by atoms with Gasteiger partial charge in [0.25, 0.3) is 14.1 Å². The van der Waals surface area contributed by atoms with Gasteiger partial charge < -0.3 is 0 Å². The van der Waals surface area contributed by atoms with Crippen molar-refractivity contribution in [2.24, 2.45) is 11.8 Å². The van der Waals surface area contributed by atoms with Gasteiger partial charge in [0.05, 0.1) is 0 Å². The largest absolute Gasteiger partial charge is 0.298 e. The average Bonchev–Trinajstić information content (AvgIpc) is 2.39. The van der Waals surface area contributed by atoms with E-state index in [-0.39, 0.29) is 0 Å². The van der Waals surface area contributed by atoms with Crippen molar-refractivity contribution in [1.29, 1.82) is 0 Å². The van der Waals surface area contributed by atoms with Gasteiger partial charge in [0.2, 0.25) is 0 Å². The lowest BCUT2D eigenvalue weighted by Crippen LogP contribution is -2.20. The quantitative estimate of drug-likeness (QED) is 0.231. The number of hydrogen-bond acceptors (Lipinski definition) is 0. The number of unbranched alkanes of at least 4 members (excludes halogenated alkanes) is 7. The summed E-state index contributed by atoms with van der Waals surface area (Å²) in [7, 11) is 0. The Morgan fingerprint density at radius 1 is 0.762 bits per heavy atom. The Hall–Kier alpha value is 0.272. The lowest BCUT2D eigenvalue weighted by molar-refractivity contribution is 0.576. The fourth-order valence-corrected chi connectivity index (χ4v) is 7.01. The highest BCUT2D eigenvalue weighted by molar-refractivity contribution is 6.66. The normalized spacial score (nSPS) is 11.4. The molecule has 0 radical (unpaired) electrons. The molecule has 0 amide bonds. The van der Waals surface area contributed by atoms with E-state index in [4.69, 9.17) is 0 Å². The summed E-state index contributed by atoms with van der Waals surface area (Å²) in [5, 5.41) is 2.93. The van der Waals surface area contributed by atoms with Crippen molar-refractivity contribution in [2.75, 3.05) is 0 Å². The van der Waals surface area contributed by atoms with E-state index in [1.807, 2.05) is 0 Å². The van der Waals surface area contributed by atoms with Crippen molar-refractivity contribution in [3.05, 3.63) is 11.0 Å². The molecule has 0 aliphatic carbocycles. The molecule has 0 saturated heterocycles. The van der Waals surface area contributed by atoms with Crippen LogP contribution in [0.5, 0.6) is 0 Å². The van der Waals surface area contributed by atoms with Crippen molar-refractivity contribution in [3.8, 4) is 0 Å². The second kappa shape index (κ2) is 13.9. The standard InChI is InChI=1S/C12H23.2C4H9.Al/c1-3-5-7-9-11-12-10-8-6-4-2;2*1-4(2)3;/h1,4-12H2,2H3;2*4H,1H2,2-3H3;. The van der Waals surface area contributed by atoms with Crippen LogP contribution in [0.2, 0.25) is 10.6 Å². The minimum absolute atomic E-state index is 0.712. The summed E-state index contributed by atoms with van der Waals surface area (Å²) in [5.74, 6) is 1.71. The lowest BCUT2D eigenvalue weighted by Gasteiger charge is -2.19. The first-order valence-electron chi connectivity index (χ1n) is 9.65. The summed E-state index contributed by atoms with van der Waals surface area (Å²) in [4.78, 5) is 0. The molecule has 1 heteroatoms. The Morgan fingerprint density at radius 3 is 1.62 bits per heavy atom. The van der Waals surface area contributed by atoms with Crippen LogP contribution >= 0.6 is 0 Å². The van der Waals surface area contributed by atoms with Gasteiger partial charge in [0.15, 0.2) is 0 Å². The van der Waals surface area contributed by atoms with Gasteiger partial charge in [-0.15, -0.1) is 11.0 Å². The number of rotatable bonds is 14. The summed E-state index contributed by atoms with van der Waals surface area (Å²) < 4.78 is 1.67. The molecule has 0 aromatic carbocycles. The molecule has 124 valence electrons. The first kappa shape index (κ1) is 21.3. The van der Waals surface area contributed by atoms with Crippen molar-refractivity contribution in [2.45, 2.75) is 103 Å². The smallest absolute Gasteiger partial charge is 0.137 e. The van der Waals surface area contributed by atoms with E-state index in [0.29, 0.717) is 0 Å². The van der Waals surface area contributed by atoms with Gasteiger partial charge in [-0.3, -0.25) is 0 Å². The summed E-state index contributed by atoms with van der Waals surface area (Å²) >= 11 is -0.712. The van der Waals surface area contributed by atoms with Crippen molar-refractivity contribution >= 4 is 14.1 Å². The van der Waals surface area contributed by atoms with Crippen molar-refractivity contribution in [3.63, 3.8) is 0 Å². The maximum atomic E-state index is 4.48. The van der Waals surface area contributed by atoms with Gasteiger partial charge in [-0.1, -0.05) is 108 Å². The predicted molar refractivity (Wildman–Crippen MR) is 101 cm³/mol. The van der Waals surface area contributed by atoms with Gasteiger partial charge in [0, 0.05) is 0 Å². The molecule has 0 rings (SSSR count). The Labute approximate surface area is 140 Å². The molecule has 21 heavy (non-hydrogen) atoms. The van der Waals surface area contributed by atoms with Crippen LogP contribution < -0.4 is 0 Å². The monoisotopic (exact) mass is 308 g/mol. The molecule has 0 aromatic heterocycles. The van der Waals surface area contributed by atoms with E-state index in [1.54, 1.807) is 4.44 Å². The average molecular weight is 309 g/mol. The van der Waals surface area contributed by atoms with Crippen molar-refractivity contribution in [1.82, 2.24) is 0 Å². The molecule has 0 aliphatic heterocycles. The molecule has 0 atom stereocenters. The van der Waals surface area contributed by atoms with E-state index in [2.05, 4.69) is 41.2 Å². The highest BCUT2D eigenvalue weighted by atomic mass is 27.2. The van der Waals surface area contributed by atoms with Crippen LogP contribution in [0.15, 0.2) is 11.0 Å². The molecular weight excluding hydrogens is 267 g/mol. The van der Waals surface area contributed by atoms with Crippen LogP contribution in [0.3, 0.4) is 0 Å². The molecule has 0 aliphatic rings. The maximum Gasteiger partial charge on any atom is 0.298 e.